The Morgan fingerprint density at radius 2 is 2.12 bits per heavy atom. The molecule has 0 atom stereocenters. The van der Waals surface area contributed by atoms with Crippen molar-refractivity contribution in [3.05, 3.63) is 36.4 Å². The van der Waals surface area contributed by atoms with Gasteiger partial charge in [0.25, 0.3) is 0 Å². The van der Waals surface area contributed by atoms with Crippen LogP contribution in [0.3, 0.4) is 0 Å². The number of benzene rings is 1. The largest absolute Gasteiger partial charge is 0.495 e. The van der Waals surface area contributed by atoms with Crippen LogP contribution in [0.15, 0.2) is 30.6 Å². The van der Waals surface area contributed by atoms with Crippen LogP contribution in [0, 0.1) is 5.92 Å². The van der Waals surface area contributed by atoms with Gasteiger partial charge in [0.2, 0.25) is 5.91 Å². The highest BCUT2D eigenvalue weighted by molar-refractivity contribution is 5.93. The molecule has 1 aliphatic rings. The number of H-pyrrole nitrogens is 1. The molecule has 0 bridgehead atoms. The molecule has 3 heterocycles. The average molecular weight is 434 g/mol. The van der Waals surface area contributed by atoms with Crippen LogP contribution >= 0.6 is 0 Å². The van der Waals surface area contributed by atoms with E-state index in [9.17, 15) is 4.79 Å². The zero-order valence-electron chi connectivity index (χ0n) is 18.3. The van der Waals surface area contributed by atoms with E-state index in [4.69, 9.17) is 15.5 Å². The Morgan fingerprint density at radius 1 is 1.31 bits per heavy atom. The first-order valence-electron chi connectivity index (χ1n) is 11.0. The highest BCUT2D eigenvalue weighted by Gasteiger charge is 2.31. The van der Waals surface area contributed by atoms with Gasteiger partial charge in [0.15, 0.2) is 5.82 Å². The molecule has 0 aliphatic heterocycles. The zero-order valence-corrected chi connectivity index (χ0v) is 18.3. The fourth-order valence-corrected chi connectivity index (χ4v) is 4.79. The molecule has 0 unspecified atom stereocenters. The van der Waals surface area contributed by atoms with Crippen molar-refractivity contribution in [2.75, 3.05) is 19.4 Å². The van der Waals surface area contributed by atoms with Crippen molar-refractivity contribution >= 4 is 28.1 Å². The minimum absolute atomic E-state index is 0.0674. The van der Waals surface area contributed by atoms with E-state index in [0.29, 0.717) is 17.9 Å². The minimum Gasteiger partial charge on any atom is -0.495 e. The summed E-state index contributed by atoms with van der Waals surface area (Å²) in [6.07, 6.45) is 4.90. The average Bonchev–Trinajstić information content (AvgIpc) is 3.42. The number of ether oxygens (including phenoxy) is 1. The minimum atomic E-state index is 0.0674. The number of carbonyl (C=O) groups excluding carboxylic acids is 1. The molecule has 1 aliphatic carbocycles. The van der Waals surface area contributed by atoms with Crippen molar-refractivity contribution in [1.82, 2.24) is 29.9 Å². The molecule has 0 radical (unpaired) electrons. The zero-order chi connectivity index (χ0) is 22.2. The van der Waals surface area contributed by atoms with Gasteiger partial charge in [-0.3, -0.25) is 4.79 Å². The second kappa shape index (κ2) is 8.14. The lowest BCUT2D eigenvalue weighted by molar-refractivity contribution is -0.125. The molecule has 1 saturated carbocycles. The third-order valence-electron chi connectivity index (χ3n) is 6.39. The van der Waals surface area contributed by atoms with Crippen molar-refractivity contribution < 1.29 is 9.53 Å². The second-order valence-corrected chi connectivity index (χ2v) is 8.27. The molecule has 9 nitrogen and oxygen atoms in total. The van der Waals surface area contributed by atoms with Crippen LogP contribution < -0.4 is 15.8 Å². The molecular weight excluding hydrogens is 406 g/mol. The van der Waals surface area contributed by atoms with Crippen molar-refractivity contribution in [3.8, 4) is 17.1 Å². The fraction of sp³-hybridized carbons (Fsp3) is 0.391. The Kier molecular flexibility index (Phi) is 5.16. The maximum atomic E-state index is 12.2. The predicted molar refractivity (Wildman–Crippen MR) is 122 cm³/mol. The van der Waals surface area contributed by atoms with Gasteiger partial charge in [-0.25, -0.2) is 14.5 Å². The highest BCUT2D eigenvalue weighted by atomic mass is 16.5. The Hall–Kier alpha value is -3.62. The van der Waals surface area contributed by atoms with Gasteiger partial charge in [-0.1, -0.05) is 12.1 Å². The first-order valence-corrected chi connectivity index (χ1v) is 11.0. The number of aromatic nitrogens is 5. The molecule has 0 saturated heterocycles. The number of nitrogen functional groups attached to an aromatic ring is 1. The number of rotatable bonds is 5. The van der Waals surface area contributed by atoms with Gasteiger partial charge in [0.05, 0.1) is 18.3 Å². The van der Waals surface area contributed by atoms with Gasteiger partial charge in [-0.2, -0.15) is 5.10 Å². The molecule has 0 spiro atoms. The smallest absolute Gasteiger partial charge is 0.223 e. The molecule has 1 aromatic carbocycles. The number of para-hydroxylation sites is 1. The summed E-state index contributed by atoms with van der Waals surface area (Å²) in [4.78, 5) is 24.9. The molecule has 1 amide bonds. The van der Waals surface area contributed by atoms with Gasteiger partial charge in [0, 0.05) is 23.8 Å². The van der Waals surface area contributed by atoms with Crippen LogP contribution in [-0.4, -0.2) is 44.1 Å². The van der Waals surface area contributed by atoms with E-state index in [-0.39, 0.29) is 17.7 Å². The number of imidazole rings is 1. The summed E-state index contributed by atoms with van der Waals surface area (Å²) in [5, 5.41) is 8.45. The molecular formula is C23H27N7O2. The summed E-state index contributed by atoms with van der Waals surface area (Å²) < 4.78 is 7.31. The molecule has 166 valence electrons. The van der Waals surface area contributed by atoms with Crippen molar-refractivity contribution in [2.24, 2.45) is 5.92 Å². The van der Waals surface area contributed by atoms with Crippen LogP contribution in [0.1, 0.15) is 44.3 Å². The van der Waals surface area contributed by atoms with Gasteiger partial charge in [-0.05, 0) is 44.7 Å². The molecule has 5 rings (SSSR count). The van der Waals surface area contributed by atoms with Crippen LogP contribution in [0.25, 0.3) is 27.8 Å². The standard InChI is InChI=1S/C23H27N7O2/c1-3-25-23(31)14-9-7-13(8-10-14)22-29-19(20-21(24)26-12-27-30(20)22)16-11-15-5-4-6-17(32-2)18(15)28-16/h4-6,11-14,28H,3,7-10H2,1-2H3,(H,25,31)(H2,24,26,27). The lowest BCUT2D eigenvalue weighted by Gasteiger charge is -2.26. The number of fused-ring (bicyclic) bond motifs is 2. The molecule has 4 N–H and O–H groups in total. The number of nitrogens with two attached hydrogens (primary N) is 1. The summed E-state index contributed by atoms with van der Waals surface area (Å²) in [5.74, 6) is 2.44. The Balaban J connectivity index is 1.55. The Bertz CT molecular complexity index is 1280. The third-order valence-corrected chi connectivity index (χ3v) is 6.39. The number of carbonyl (C=O) groups is 1. The van der Waals surface area contributed by atoms with E-state index in [1.807, 2.05) is 35.7 Å². The predicted octanol–water partition coefficient (Wildman–Crippen LogP) is 3.27. The highest BCUT2D eigenvalue weighted by Crippen LogP contribution is 2.39. The fourth-order valence-electron chi connectivity index (χ4n) is 4.79. The lowest BCUT2D eigenvalue weighted by Crippen LogP contribution is -2.32. The number of nitrogens with one attached hydrogen (secondary N) is 2. The van der Waals surface area contributed by atoms with Crippen molar-refractivity contribution in [3.63, 3.8) is 0 Å². The summed E-state index contributed by atoms with van der Waals surface area (Å²) in [5.41, 5.74) is 9.44. The van der Waals surface area contributed by atoms with Crippen LogP contribution in [-0.2, 0) is 4.79 Å². The molecule has 32 heavy (non-hydrogen) atoms. The van der Waals surface area contributed by atoms with Crippen LogP contribution in [0.2, 0.25) is 0 Å². The Morgan fingerprint density at radius 3 is 2.88 bits per heavy atom. The molecule has 1 fully saturated rings. The summed E-state index contributed by atoms with van der Waals surface area (Å²) in [6.45, 7) is 2.62. The first kappa shape index (κ1) is 20.3. The number of anilines is 1. The topological polar surface area (TPSA) is 123 Å². The van der Waals surface area contributed by atoms with E-state index >= 15 is 0 Å². The summed E-state index contributed by atoms with van der Waals surface area (Å²) >= 11 is 0. The lowest BCUT2D eigenvalue weighted by atomic mass is 9.81. The van der Waals surface area contributed by atoms with Gasteiger partial charge in [0.1, 0.15) is 29.1 Å². The van der Waals surface area contributed by atoms with E-state index in [1.165, 1.54) is 6.33 Å². The number of aromatic amines is 1. The molecule has 9 heteroatoms. The number of nitrogens with zero attached hydrogens (tertiary/aromatic N) is 4. The van der Waals surface area contributed by atoms with Crippen LogP contribution in [0.4, 0.5) is 5.82 Å². The number of methoxy groups -OCH3 is 1. The molecule has 4 aromatic rings. The number of hydrogen-bond acceptors (Lipinski definition) is 6. The maximum Gasteiger partial charge on any atom is 0.223 e. The third kappa shape index (κ3) is 3.34. The van der Waals surface area contributed by atoms with E-state index in [0.717, 1.165) is 59.5 Å². The van der Waals surface area contributed by atoms with Gasteiger partial charge >= 0.3 is 0 Å². The van der Waals surface area contributed by atoms with Gasteiger partial charge < -0.3 is 20.8 Å². The van der Waals surface area contributed by atoms with Crippen molar-refractivity contribution in [2.45, 2.75) is 38.5 Å². The van der Waals surface area contributed by atoms with Gasteiger partial charge in [-0.15, -0.1) is 0 Å². The Labute approximate surface area is 185 Å². The van der Waals surface area contributed by atoms with Crippen molar-refractivity contribution in [1.29, 1.82) is 0 Å². The van der Waals surface area contributed by atoms with E-state index in [2.05, 4.69) is 20.4 Å². The SMILES string of the molecule is CCNC(=O)C1CCC(c2nc(-c3cc4cccc(OC)c4[nH]3)c3c(N)ncnn23)CC1. The quantitative estimate of drug-likeness (QED) is 0.444. The number of hydrogen-bond donors (Lipinski definition) is 3. The van der Waals surface area contributed by atoms with E-state index in [1.54, 1.807) is 7.11 Å². The first-order chi connectivity index (χ1) is 15.6. The van der Waals surface area contributed by atoms with Crippen LogP contribution in [0.5, 0.6) is 5.75 Å². The normalized spacial score (nSPS) is 18.8. The summed E-state index contributed by atoms with van der Waals surface area (Å²) in [6, 6.07) is 7.95. The monoisotopic (exact) mass is 433 g/mol. The number of amides is 1. The second-order valence-electron chi connectivity index (χ2n) is 8.27. The molecule has 3 aromatic heterocycles. The summed E-state index contributed by atoms with van der Waals surface area (Å²) in [7, 11) is 1.66. The van der Waals surface area contributed by atoms with E-state index < -0.39 is 0 Å². The maximum absolute atomic E-state index is 12.2.